The number of hydrogen-bond donors (Lipinski definition) is 4. The summed E-state index contributed by atoms with van der Waals surface area (Å²) in [5, 5.41) is 14.0. The standard InChI is InChI=1S/C25H29FN4O3/c26-18-4-5-22-21(9-18)17(12-28-22)8-24(32)30-13-19(10-20(31)14-30)29-25(33)23-7-16(11-27-23)6-15-2-1-3-15/h4-5,7,9,11-12,15,19-20,27-28,31H,1-3,6,8,10,13-14H2,(H,29,33). The second-order valence-corrected chi connectivity index (χ2v) is 9.46. The minimum absolute atomic E-state index is 0.0952. The number of benzene rings is 1. The van der Waals surface area contributed by atoms with Crippen molar-refractivity contribution < 1.29 is 19.1 Å². The molecule has 2 atom stereocenters. The van der Waals surface area contributed by atoms with Crippen molar-refractivity contribution in [2.24, 2.45) is 5.92 Å². The zero-order valence-electron chi connectivity index (χ0n) is 18.4. The van der Waals surface area contributed by atoms with Gasteiger partial charge in [-0.1, -0.05) is 19.3 Å². The van der Waals surface area contributed by atoms with Gasteiger partial charge in [-0.25, -0.2) is 4.39 Å². The molecule has 1 saturated carbocycles. The molecule has 0 bridgehead atoms. The lowest BCUT2D eigenvalue weighted by Crippen LogP contribution is -2.54. The molecular weight excluding hydrogens is 423 g/mol. The molecule has 1 aromatic carbocycles. The molecule has 1 aliphatic heterocycles. The number of amides is 2. The highest BCUT2D eigenvalue weighted by Gasteiger charge is 2.30. The van der Waals surface area contributed by atoms with Gasteiger partial charge in [-0.05, 0) is 54.2 Å². The summed E-state index contributed by atoms with van der Waals surface area (Å²) in [7, 11) is 0. The molecule has 3 aromatic rings. The van der Waals surface area contributed by atoms with Gasteiger partial charge in [0.1, 0.15) is 11.5 Å². The number of H-pyrrole nitrogens is 2. The predicted molar refractivity (Wildman–Crippen MR) is 122 cm³/mol. The van der Waals surface area contributed by atoms with E-state index in [0.29, 0.717) is 29.6 Å². The average Bonchev–Trinajstić information content (AvgIpc) is 3.37. The van der Waals surface area contributed by atoms with Crippen LogP contribution in [-0.2, 0) is 17.6 Å². The van der Waals surface area contributed by atoms with Gasteiger partial charge in [-0.3, -0.25) is 9.59 Å². The molecule has 1 saturated heterocycles. The normalized spacial score (nSPS) is 21.2. The van der Waals surface area contributed by atoms with Crippen LogP contribution in [0.5, 0.6) is 0 Å². The van der Waals surface area contributed by atoms with Crippen molar-refractivity contribution in [2.75, 3.05) is 13.1 Å². The number of aliphatic hydroxyl groups excluding tert-OH is 1. The number of fused-ring (bicyclic) bond motifs is 1. The Bertz CT molecular complexity index is 1170. The maximum Gasteiger partial charge on any atom is 0.267 e. The number of carbonyl (C=O) groups excluding carboxylic acids is 2. The first-order valence-electron chi connectivity index (χ1n) is 11.6. The Morgan fingerprint density at radius 2 is 2.00 bits per heavy atom. The van der Waals surface area contributed by atoms with E-state index in [1.54, 1.807) is 17.2 Å². The zero-order valence-corrected chi connectivity index (χ0v) is 18.4. The summed E-state index contributed by atoms with van der Waals surface area (Å²) >= 11 is 0. The molecule has 0 spiro atoms. The van der Waals surface area contributed by atoms with E-state index >= 15 is 0 Å². The van der Waals surface area contributed by atoms with E-state index in [1.165, 1.54) is 31.4 Å². The van der Waals surface area contributed by atoms with Crippen LogP contribution in [0.2, 0.25) is 0 Å². The van der Waals surface area contributed by atoms with Crippen LogP contribution in [0.3, 0.4) is 0 Å². The van der Waals surface area contributed by atoms with Crippen LogP contribution in [0.25, 0.3) is 10.9 Å². The maximum atomic E-state index is 13.6. The number of piperidine rings is 1. The number of nitrogens with one attached hydrogen (secondary N) is 3. The number of nitrogens with zero attached hydrogens (tertiary/aromatic N) is 1. The van der Waals surface area contributed by atoms with Crippen molar-refractivity contribution >= 4 is 22.7 Å². The molecule has 8 heteroatoms. The zero-order chi connectivity index (χ0) is 22.9. The molecule has 174 valence electrons. The summed E-state index contributed by atoms with van der Waals surface area (Å²) in [6.45, 7) is 0.546. The lowest BCUT2D eigenvalue weighted by molar-refractivity contribution is -0.134. The van der Waals surface area contributed by atoms with Gasteiger partial charge in [0, 0.05) is 42.4 Å². The highest BCUT2D eigenvalue weighted by atomic mass is 19.1. The van der Waals surface area contributed by atoms with E-state index in [0.717, 1.165) is 23.4 Å². The first kappa shape index (κ1) is 21.7. The predicted octanol–water partition coefficient (Wildman–Crippen LogP) is 2.91. The topological polar surface area (TPSA) is 101 Å². The second-order valence-electron chi connectivity index (χ2n) is 9.46. The van der Waals surface area contributed by atoms with Gasteiger partial charge in [-0.15, -0.1) is 0 Å². The van der Waals surface area contributed by atoms with E-state index < -0.39 is 6.10 Å². The van der Waals surface area contributed by atoms with Gasteiger partial charge in [0.2, 0.25) is 5.91 Å². The van der Waals surface area contributed by atoms with Crippen molar-refractivity contribution in [1.82, 2.24) is 20.2 Å². The largest absolute Gasteiger partial charge is 0.391 e. The highest BCUT2D eigenvalue weighted by molar-refractivity contribution is 5.93. The van der Waals surface area contributed by atoms with Crippen LogP contribution >= 0.6 is 0 Å². The van der Waals surface area contributed by atoms with Gasteiger partial charge in [0.05, 0.1) is 12.5 Å². The van der Waals surface area contributed by atoms with Crippen molar-refractivity contribution in [1.29, 1.82) is 0 Å². The number of aromatic amines is 2. The summed E-state index contributed by atoms with van der Waals surface area (Å²) in [4.78, 5) is 33.4. The van der Waals surface area contributed by atoms with Crippen molar-refractivity contribution in [2.45, 2.75) is 50.7 Å². The van der Waals surface area contributed by atoms with Crippen molar-refractivity contribution in [3.8, 4) is 0 Å². The molecule has 1 aliphatic carbocycles. The Hall–Kier alpha value is -3.13. The Morgan fingerprint density at radius 1 is 1.15 bits per heavy atom. The first-order valence-corrected chi connectivity index (χ1v) is 11.6. The van der Waals surface area contributed by atoms with E-state index in [2.05, 4.69) is 15.3 Å². The molecule has 7 nitrogen and oxygen atoms in total. The second kappa shape index (κ2) is 9.02. The molecule has 2 aromatic heterocycles. The maximum absolute atomic E-state index is 13.6. The first-order chi connectivity index (χ1) is 15.9. The molecule has 2 fully saturated rings. The minimum Gasteiger partial charge on any atom is -0.391 e. The number of likely N-dealkylation sites (tertiary alicyclic amines) is 1. The molecule has 5 rings (SSSR count). The third-order valence-electron chi connectivity index (χ3n) is 6.92. The third kappa shape index (κ3) is 4.80. The smallest absolute Gasteiger partial charge is 0.267 e. The minimum atomic E-state index is -0.716. The lowest BCUT2D eigenvalue weighted by Gasteiger charge is -2.36. The van der Waals surface area contributed by atoms with E-state index in [4.69, 9.17) is 0 Å². The van der Waals surface area contributed by atoms with Crippen LogP contribution in [0.15, 0.2) is 36.7 Å². The number of aromatic nitrogens is 2. The number of rotatable bonds is 6. The molecule has 2 amide bonds. The highest BCUT2D eigenvalue weighted by Crippen LogP contribution is 2.30. The molecular formula is C25H29FN4O3. The fourth-order valence-corrected chi connectivity index (χ4v) is 4.93. The number of β-amino-alcohol motifs (C(OH)–C–C–N with tert-alkyl or cyclic N) is 1. The fraction of sp³-hybridized carbons (Fsp3) is 0.440. The van der Waals surface area contributed by atoms with Crippen molar-refractivity contribution in [3.63, 3.8) is 0 Å². The van der Waals surface area contributed by atoms with Crippen molar-refractivity contribution in [3.05, 3.63) is 59.3 Å². The Kier molecular flexibility index (Phi) is 5.93. The quantitative estimate of drug-likeness (QED) is 0.463. The third-order valence-corrected chi connectivity index (χ3v) is 6.92. The average molecular weight is 453 g/mol. The Morgan fingerprint density at radius 3 is 2.79 bits per heavy atom. The lowest BCUT2D eigenvalue weighted by atomic mass is 9.81. The molecule has 2 unspecified atom stereocenters. The molecule has 33 heavy (non-hydrogen) atoms. The van der Waals surface area contributed by atoms with Crippen LogP contribution in [-0.4, -0.2) is 57.0 Å². The number of hydrogen-bond acceptors (Lipinski definition) is 3. The fourth-order valence-electron chi connectivity index (χ4n) is 4.93. The van der Waals surface area contributed by atoms with Gasteiger partial charge >= 0.3 is 0 Å². The van der Waals surface area contributed by atoms with Crippen LogP contribution < -0.4 is 5.32 Å². The Balaban J connectivity index is 1.21. The van der Waals surface area contributed by atoms with Gasteiger partial charge in [0.15, 0.2) is 0 Å². The number of halogens is 1. The summed E-state index contributed by atoms with van der Waals surface area (Å²) < 4.78 is 13.6. The van der Waals surface area contributed by atoms with Crippen LogP contribution in [0, 0.1) is 11.7 Å². The molecule has 3 heterocycles. The number of aliphatic hydroxyl groups is 1. The van der Waals surface area contributed by atoms with Crippen LogP contribution in [0.1, 0.15) is 47.3 Å². The van der Waals surface area contributed by atoms with E-state index in [9.17, 15) is 19.1 Å². The molecule has 2 aliphatic rings. The molecule has 0 radical (unpaired) electrons. The Labute approximate surface area is 191 Å². The summed E-state index contributed by atoms with van der Waals surface area (Å²) in [5.41, 5.74) is 3.12. The van der Waals surface area contributed by atoms with Gasteiger partial charge in [0.25, 0.3) is 5.91 Å². The number of carbonyl (C=O) groups is 2. The van der Waals surface area contributed by atoms with E-state index in [-0.39, 0.29) is 36.6 Å². The summed E-state index contributed by atoms with van der Waals surface area (Å²) in [6.07, 6.45) is 8.17. The summed E-state index contributed by atoms with van der Waals surface area (Å²) in [5.74, 6) is -0.0279. The molecule has 4 N–H and O–H groups in total. The van der Waals surface area contributed by atoms with E-state index in [1.807, 2.05) is 12.3 Å². The SMILES string of the molecule is O=C(NC1CC(O)CN(C(=O)Cc2c[nH]c3ccc(F)cc23)C1)c1cc(CC2CCC2)c[nH]1. The monoisotopic (exact) mass is 452 g/mol. The van der Waals surface area contributed by atoms with Gasteiger partial charge < -0.3 is 25.3 Å². The van der Waals surface area contributed by atoms with Gasteiger partial charge in [-0.2, -0.15) is 0 Å². The summed E-state index contributed by atoms with van der Waals surface area (Å²) in [6, 6.07) is 5.99. The van der Waals surface area contributed by atoms with Crippen LogP contribution in [0.4, 0.5) is 4.39 Å².